The van der Waals surface area contributed by atoms with Gasteiger partial charge in [0, 0.05) is 6.42 Å². The van der Waals surface area contributed by atoms with Crippen molar-refractivity contribution in [2.75, 3.05) is 6.54 Å². The van der Waals surface area contributed by atoms with Gasteiger partial charge in [-0.3, -0.25) is 0 Å². The summed E-state index contributed by atoms with van der Waals surface area (Å²) >= 11 is 1.10. The summed E-state index contributed by atoms with van der Waals surface area (Å²) in [5.41, 5.74) is 5.28. The van der Waals surface area contributed by atoms with Crippen LogP contribution in [0.3, 0.4) is 0 Å². The van der Waals surface area contributed by atoms with Gasteiger partial charge in [0.25, 0.3) is 0 Å². The second kappa shape index (κ2) is 4.13. The van der Waals surface area contributed by atoms with E-state index in [4.69, 9.17) is 10.8 Å². The van der Waals surface area contributed by atoms with Gasteiger partial charge >= 0.3 is 5.97 Å². The molecule has 0 amide bonds. The molecular formula is C6H9N3O2S. The molecule has 0 aliphatic rings. The summed E-state index contributed by atoms with van der Waals surface area (Å²) in [6.45, 7) is 0.585. The van der Waals surface area contributed by atoms with Crippen LogP contribution in [-0.4, -0.2) is 27.8 Å². The van der Waals surface area contributed by atoms with Gasteiger partial charge in [0.2, 0.25) is 5.01 Å². The van der Waals surface area contributed by atoms with Gasteiger partial charge < -0.3 is 10.8 Å². The van der Waals surface area contributed by atoms with Crippen molar-refractivity contribution in [3.05, 3.63) is 10.0 Å². The zero-order chi connectivity index (χ0) is 8.97. The molecular weight excluding hydrogens is 178 g/mol. The fourth-order valence-corrected chi connectivity index (χ4v) is 1.41. The first-order valence-electron chi connectivity index (χ1n) is 3.49. The molecule has 0 aliphatic heterocycles. The average Bonchev–Trinajstić information content (AvgIpc) is 2.48. The first kappa shape index (κ1) is 9.08. The normalized spacial score (nSPS) is 10.1. The maximum atomic E-state index is 10.4. The summed E-state index contributed by atoms with van der Waals surface area (Å²) in [6.07, 6.45) is 1.52. The van der Waals surface area contributed by atoms with E-state index in [1.165, 1.54) is 0 Å². The lowest BCUT2D eigenvalue weighted by molar-refractivity contribution is 0.0695. The lowest BCUT2D eigenvalue weighted by Gasteiger charge is -1.88. The molecule has 0 aliphatic carbocycles. The molecule has 1 heterocycles. The first-order chi connectivity index (χ1) is 5.74. The molecule has 0 aromatic carbocycles. The topological polar surface area (TPSA) is 89.1 Å². The fourth-order valence-electron chi connectivity index (χ4n) is 0.694. The molecule has 3 N–H and O–H groups in total. The van der Waals surface area contributed by atoms with Crippen molar-refractivity contribution in [1.82, 2.24) is 10.2 Å². The van der Waals surface area contributed by atoms with E-state index < -0.39 is 5.97 Å². The number of aromatic nitrogens is 2. The number of hydrogen-bond acceptors (Lipinski definition) is 5. The van der Waals surface area contributed by atoms with Crippen LogP contribution in [0.15, 0.2) is 0 Å². The monoisotopic (exact) mass is 187 g/mol. The van der Waals surface area contributed by atoms with E-state index in [0.717, 1.165) is 22.8 Å². The molecule has 0 saturated carbocycles. The van der Waals surface area contributed by atoms with Gasteiger partial charge in [-0.05, 0) is 13.0 Å². The average molecular weight is 187 g/mol. The summed E-state index contributed by atoms with van der Waals surface area (Å²) in [6, 6.07) is 0. The van der Waals surface area contributed by atoms with Gasteiger partial charge in [-0.15, -0.1) is 10.2 Å². The number of rotatable bonds is 4. The number of nitrogens with zero attached hydrogens (tertiary/aromatic N) is 2. The van der Waals surface area contributed by atoms with Crippen LogP contribution in [0.2, 0.25) is 0 Å². The minimum atomic E-state index is -1.02. The van der Waals surface area contributed by atoms with Gasteiger partial charge in [0.05, 0.1) is 0 Å². The van der Waals surface area contributed by atoms with Crippen molar-refractivity contribution >= 4 is 17.3 Å². The predicted molar refractivity (Wildman–Crippen MR) is 44.2 cm³/mol. The molecule has 0 atom stereocenters. The lowest BCUT2D eigenvalue weighted by atomic mass is 10.3. The number of nitrogens with two attached hydrogens (primary N) is 1. The SMILES string of the molecule is NCCCc1nnc(C(=O)O)s1. The molecule has 0 bridgehead atoms. The Hall–Kier alpha value is -1.01. The minimum Gasteiger partial charge on any atom is -0.476 e. The van der Waals surface area contributed by atoms with Crippen molar-refractivity contribution < 1.29 is 9.90 Å². The van der Waals surface area contributed by atoms with Crippen molar-refractivity contribution in [3.8, 4) is 0 Å². The summed E-state index contributed by atoms with van der Waals surface area (Å²) in [4.78, 5) is 10.4. The Balaban J connectivity index is 2.58. The van der Waals surface area contributed by atoms with E-state index in [1.807, 2.05) is 0 Å². The highest BCUT2D eigenvalue weighted by atomic mass is 32.1. The Morgan fingerprint density at radius 1 is 1.58 bits per heavy atom. The van der Waals surface area contributed by atoms with Gasteiger partial charge in [0.15, 0.2) is 0 Å². The quantitative estimate of drug-likeness (QED) is 0.699. The maximum absolute atomic E-state index is 10.4. The summed E-state index contributed by atoms with van der Waals surface area (Å²) in [7, 11) is 0. The van der Waals surface area contributed by atoms with E-state index in [0.29, 0.717) is 13.0 Å². The molecule has 1 rings (SSSR count). The highest BCUT2D eigenvalue weighted by Gasteiger charge is 2.09. The Morgan fingerprint density at radius 2 is 2.33 bits per heavy atom. The third-order valence-electron chi connectivity index (χ3n) is 1.24. The molecule has 6 heteroatoms. The number of carboxylic acids is 1. The van der Waals surface area contributed by atoms with Crippen LogP contribution in [0.4, 0.5) is 0 Å². The Labute approximate surface area is 73.2 Å². The smallest absolute Gasteiger partial charge is 0.367 e. The number of hydrogen-bond donors (Lipinski definition) is 2. The van der Waals surface area contributed by atoms with Crippen LogP contribution < -0.4 is 5.73 Å². The van der Waals surface area contributed by atoms with Crippen molar-refractivity contribution in [2.24, 2.45) is 5.73 Å². The summed E-state index contributed by atoms with van der Waals surface area (Å²) < 4.78 is 0. The van der Waals surface area contributed by atoms with E-state index in [9.17, 15) is 4.79 Å². The highest BCUT2D eigenvalue weighted by Crippen LogP contribution is 2.10. The molecule has 12 heavy (non-hydrogen) atoms. The van der Waals surface area contributed by atoms with Crippen LogP contribution >= 0.6 is 11.3 Å². The van der Waals surface area contributed by atoms with E-state index >= 15 is 0 Å². The fraction of sp³-hybridized carbons (Fsp3) is 0.500. The predicted octanol–water partition coefficient (Wildman–Crippen LogP) is 0.128. The van der Waals surface area contributed by atoms with Crippen molar-refractivity contribution in [1.29, 1.82) is 0 Å². The molecule has 0 radical (unpaired) electrons. The largest absolute Gasteiger partial charge is 0.476 e. The molecule has 0 spiro atoms. The Morgan fingerprint density at radius 3 is 2.83 bits per heavy atom. The van der Waals surface area contributed by atoms with Crippen molar-refractivity contribution in [3.63, 3.8) is 0 Å². The molecule has 1 aromatic heterocycles. The number of carboxylic acid groups (broad SMARTS) is 1. The molecule has 1 aromatic rings. The molecule has 0 saturated heterocycles. The standard InChI is InChI=1S/C6H9N3O2S/c7-3-1-2-4-8-9-5(12-4)6(10)11/h1-3,7H2,(H,10,11). The number of aryl methyl sites for hydroxylation is 1. The van der Waals surface area contributed by atoms with Gasteiger partial charge in [0.1, 0.15) is 5.01 Å². The Bertz CT molecular complexity index is 274. The van der Waals surface area contributed by atoms with E-state index in [2.05, 4.69) is 10.2 Å². The van der Waals surface area contributed by atoms with Crippen LogP contribution in [0.1, 0.15) is 21.2 Å². The van der Waals surface area contributed by atoms with Crippen molar-refractivity contribution in [2.45, 2.75) is 12.8 Å². The van der Waals surface area contributed by atoms with E-state index in [-0.39, 0.29) is 5.01 Å². The van der Waals surface area contributed by atoms with Crippen LogP contribution in [0.5, 0.6) is 0 Å². The maximum Gasteiger partial charge on any atom is 0.367 e. The summed E-state index contributed by atoms with van der Waals surface area (Å²) in [5, 5.41) is 16.5. The third-order valence-corrected chi connectivity index (χ3v) is 2.22. The zero-order valence-electron chi connectivity index (χ0n) is 6.36. The van der Waals surface area contributed by atoms with Crippen LogP contribution in [0.25, 0.3) is 0 Å². The summed E-state index contributed by atoms with van der Waals surface area (Å²) in [5.74, 6) is -1.02. The Kier molecular flexibility index (Phi) is 3.12. The second-order valence-electron chi connectivity index (χ2n) is 2.20. The van der Waals surface area contributed by atoms with Crippen LogP contribution in [0, 0.1) is 0 Å². The second-order valence-corrected chi connectivity index (χ2v) is 3.26. The van der Waals surface area contributed by atoms with Gasteiger partial charge in [-0.2, -0.15) is 0 Å². The highest BCUT2D eigenvalue weighted by molar-refractivity contribution is 7.13. The minimum absolute atomic E-state index is 0.0435. The first-order valence-corrected chi connectivity index (χ1v) is 4.31. The third kappa shape index (κ3) is 2.24. The number of carbonyl (C=O) groups is 1. The molecule has 0 unspecified atom stereocenters. The van der Waals surface area contributed by atoms with E-state index in [1.54, 1.807) is 0 Å². The van der Waals surface area contributed by atoms with Gasteiger partial charge in [-0.25, -0.2) is 4.79 Å². The molecule has 0 fully saturated rings. The molecule has 5 nitrogen and oxygen atoms in total. The van der Waals surface area contributed by atoms with Crippen LogP contribution in [-0.2, 0) is 6.42 Å². The van der Waals surface area contributed by atoms with Gasteiger partial charge in [-0.1, -0.05) is 11.3 Å². The number of aromatic carboxylic acids is 1. The lowest BCUT2D eigenvalue weighted by Crippen LogP contribution is -1.99. The zero-order valence-corrected chi connectivity index (χ0v) is 7.17. The molecule has 66 valence electrons.